The molecule has 1 heterocycles. The number of thioether (sulfide) groups is 1. The van der Waals surface area contributed by atoms with Crippen LogP contribution in [0.4, 0.5) is 0 Å². The van der Waals surface area contributed by atoms with Crippen LogP contribution in [0.5, 0.6) is 5.75 Å². The average molecular weight is 498 g/mol. The maximum atomic E-state index is 12.9. The van der Waals surface area contributed by atoms with Crippen molar-refractivity contribution in [2.45, 2.75) is 23.5 Å². The van der Waals surface area contributed by atoms with E-state index >= 15 is 0 Å². The number of amides is 1. The molecule has 0 bridgehead atoms. The molecule has 1 atom stereocenters. The van der Waals surface area contributed by atoms with E-state index in [0.29, 0.717) is 10.9 Å². The van der Waals surface area contributed by atoms with Gasteiger partial charge in [-0.05, 0) is 35.9 Å². The number of hydrogen-bond acceptors (Lipinski definition) is 8. The minimum atomic E-state index is -4.10. The first kappa shape index (κ1) is 23.5. The standard InChI is InChI=1S/C23H19N3O6S2/c1-14-6-9-16(10-7-14)34(30,31)32-19-11-8-15-4-2-3-5-17(15)18(19)13-24-26-23-25-22(29)20(33-23)12-21(27)28/h2-11,13,20H,12H2,1H3,(H,27,28)(H,25,26,29)/b24-13-/t20-/m1/s1. The molecule has 1 aliphatic rings. The summed E-state index contributed by atoms with van der Waals surface area (Å²) >= 11 is 0.966. The molecule has 2 N–H and O–H groups in total. The van der Waals surface area contributed by atoms with Crippen molar-refractivity contribution in [1.82, 2.24) is 5.32 Å². The van der Waals surface area contributed by atoms with E-state index in [0.717, 1.165) is 22.7 Å². The fourth-order valence-electron chi connectivity index (χ4n) is 3.24. The number of nitrogens with one attached hydrogen (secondary N) is 1. The Labute approximate surface area is 199 Å². The van der Waals surface area contributed by atoms with Crippen LogP contribution >= 0.6 is 11.8 Å². The summed E-state index contributed by atoms with van der Waals surface area (Å²) in [7, 11) is -4.10. The molecule has 1 aliphatic heterocycles. The average Bonchev–Trinajstić information content (AvgIpc) is 3.13. The number of benzene rings is 3. The number of carbonyl (C=O) groups excluding carboxylic acids is 1. The van der Waals surface area contributed by atoms with E-state index in [2.05, 4.69) is 15.5 Å². The van der Waals surface area contributed by atoms with Crippen molar-refractivity contribution in [3.8, 4) is 5.75 Å². The fraction of sp³-hybridized carbons (Fsp3) is 0.130. The van der Waals surface area contributed by atoms with Crippen LogP contribution < -0.4 is 9.50 Å². The zero-order valence-electron chi connectivity index (χ0n) is 17.8. The van der Waals surface area contributed by atoms with Gasteiger partial charge in [-0.1, -0.05) is 59.8 Å². The lowest BCUT2D eigenvalue weighted by Gasteiger charge is -2.11. The minimum absolute atomic E-state index is 0.0175. The molecular formula is C23H19N3O6S2. The normalized spacial score (nSPS) is 17.4. The zero-order valence-corrected chi connectivity index (χ0v) is 19.5. The molecular weight excluding hydrogens is 478 g/mol. The number of carboxylic acid groups (broad SMARTS) is 1. The van der Waals surface area contributed by atoms with Crippen LogP contribution in [0.2, 0.25) is 0 Å². The zero-order chi connectivity index (χ0) is 24.3. The Morgan fingerprint density at radius 1 is 1.15 bits per heavy atom. The van der Waals surface area contributed by atoms with E-state index in [4.69, 9.17) is 9.29 Å². The van der Waals surface area contributed by atoms with Gasteiger partial charge in [0.1, 0.15) is 10.1 Å². The van der Waals surface area contributed by atoms with Gasteiger partial charge in [0, 0.05) is 5.56 Å². The van der Waals surface area contributed by atoms with E-state index in [1.54, 1.807) is 30.3 Å². The Morgan fingerprint density at radius 3 is 2.62 bits per heavy atom. The number of carboxylic acids is 1. The number of nitrogens with zero attached hydrogens (tertiary/aromatic N) is 2. The second-order valence-electron chi connectivity index (χ2n) is 7.39. The number of carbonyl (C=O) groups is 2. The highest BCUT2D eigenvalue weighted by Crippen LogP contribution is 2.29. The van der Waals surface area contributed by atoms with Crippen LogP contribution in [0, 0.1) is 6.92 Å². The van der Waals surface area contributed by atoms with Crippen molar-refractivity contribution in [1.29, 1.82) is 0 Å². The van der Waals surface area contributed by atoms with E-state index in [1.807, 2.05) is 19.1 Å². The first-order valence-electron chi connectivity index (χ1n) is 10.1. The van der Waals surface area contributed by atoms with Crippen molar-refractivity contribution >= 4 is 55.9 Å². The van der Waals surface area contributed by atoms with E-state index in [-0.39, 0.29) is 22.2 Å². The summed E-state index contributed by atoms with van der Waals surface area (Å²) in [6, 6.07) is 16.9. The summed E-state index contributed by atoms with van der Waals surface area (Å²) in [6.07, 6.45) is 1.00. The second-order valence-corrected chi connectivity index (χ2v) is 10.1. The lowest BCUT2D eigenvalue weighted by Crippen LogP contribution is -2.26. The third kappa shape index (κ3) is 5.26. The number of aryl methyl sites for hydroxylation is 1. The van der Waals surface area contributed by atoms with Gasteiger partial charge in [-0.25, -0.2) is 0 Å². The molecule has 0 aromatic heterocycles. The molecule has 3 aromatic carbocycles. The Hall–Kier alpha value is -3.70. The Bertz CT molecular complexity index is 1430. The Balaban J connectivity index is 1.66. The highest BCUT2D eigenvalue weighted by Gasteiger charge is 2.32. The predicted molar refractivity (Wildman–Crippen MR) is 130 cm³/mol. The molecule has 4 rings (SSSR count). The van der Waals surface area contributed by atoms with Crippen LogP contribution in [-0.2, 0) is 19.7 Å². The van der Waals surface area contributed by atoms with Crippen LogP contribution in [0.15, 0.2) is 75.8 Å². The van der Waals surface area contributed by atoms with E-state index in [1.165, 1.54) is 24.4 Å². The smallest absolute Gasteiger partial charge is 0.339 e. The predicted octanol–water partition coefficient (Wildman–Crippen LogP) is 3.31. The third-order valence-corrected chi connectivity index (χ3v) is 7.23. The van der Waals surface area contributed by atoms with Gasteiger partial charge < -0.3 is 14.6 Å². The van der Waals surface area contributed by atoms with Crippen molar-refractivity contribution < 1.29 is 27.3 Å². The number of amidine groups is 1. The quantitative estimate of drug-likeness (QED) is 0.290. The van der Waals surface area contributed by atoms with Gasteiger partial charge in [0.25, 0.3) is 0 Å². The number of fused-ring (bicyclic) bond motifs is 1. The molecule has 34 heavy (non-hydrogen) atoms. The third-order valence-electron chi connectivity index (χ3n) is 4.91. The van der Waals surface area contributed by atoms with Gasteiger partial charge in [0.15, 0.2) is 10.9 Å². The van der Waals surface area contributed by atoms with Crippen LogP contribution in [0.25, 0.3) is 10.8 Å². The van der Waals surface area contributed by atoms with Crippen LogP contribution in [0.3, 0.4) is 0 Å². The highest BCUT2D eigenvalue weighted by molar-refractivity contribution is 8.15. The van der Waals surface area contributed by atoms with Gasteiger partial charge in [0.05, 0.1) is 12.6 Å². The largest absolute Gasteiger partial charge is 0.481 e. The fourth-order valence-corrected chi connectivity index (χ4v) is 5.10. The molecule has 0 unspecified atom stereocenters. The van der Waals surface area contributed by atoms with Gasteiger partial charge in [-0.2, -0.15) is 13.5 Å². The van der Waals surface area contributed by atoms with E-state index < -0.39 is 27.2 Å². The first-order chi connectivity index (χ1) is 16.2. The van der Waals surface area contributed by atoms with Crippen molar-refractivity contribution in [3.05, 3.63) is 71.8 Å². The topological polar surface area (TPSA) is 134 Å². The van der Waals surface area contributed by atoms with Crippen LogP contribution in [-0.4, -0.2) is 42.0 Å². The number of hydrogen-bond donors (Lipinski definition) is 2. The molecule has 3 aromatic rings. The highest BCUT2D eigenvalue weighted by atomic mass is 32.2. The Kier molecular flexibility index (Phi) is 6.66. The van der Waals surface area contributed by atoms with Gasteiger partial charge in [-0.3, -0.25) is 9.59 Å². The summed E-state index contributed by atoms with van der Waals surface area (Å²) < 4.78 is 31.2. The maximum Gasteiger partial charge on any atom is 0.339 e. The lowest BCUT2D eigenvalue weighted by molar-refractivity contribution is -0.138. The summed E-state index contributed by atoms with van der Waals surface area (Å²) in [6.45, 7) is 1.85. The minimum Gasteiger partial charge on any atom is -0.481 e. The van der Waals surface area contributed by atoms with Gasteiger partial charge in [-0.15, -0.1) is 5.10 Å². The van der Waals surface area contributed by atoms with Crippen molar-refractivity contribution in [2.75, 3.05) is 0 Å². The molecule has 1 amide bonds. The molecule has 0 radical (unpaired) electrons. The molecule has 0 spiro atoms. The maximum absolute atomic E-state index is 12.9. The monoisotopic (exact) mass is 497 g/mol. The molecule has 1 saturated heterocycles. The Morgan fingerprint density at radius 2 is 1.88 bits per heavy atom. The SMILES string of the molecule is Cc1ccc(S(=O)(=O)Oc2ccc3ccccc3c2/C=N\N=C2\NC(=O)[C@@H](CC(=O)O)S2)cc1. The second kappa shape index (κ2) is 9.65. The van der Waals surface area contributed by atoms with Gasteiger partial charge in [0.2, 0.25) is 5.91 Å². The van der Waals surface area contributed by atoms with Crippen LogP contribution in [0.1, 0.15) is 17.5 Å². The van der Waals surface area contributed by atoms with E-state index in [9.17, 15) is 18.0 Å². The molecule has 9 nitrogen and oxygen atoms in total. The molecule has 0 saturated carbocycles. The van der Waals surface area contributed by atoms with Crippen molar-refractivity contribution in [2.24, 2.45) is 10.2 Å². The van der Waals surface area contributed by atoms with Crippen molar-refractivity contribution in [3.63, 3.8) is 0 Å². The number of aliphatic carboxylic acids is 1. The summed E-state index contributed by atoms with van der Waals surface area (Å²) in [5.41, 5.74) is 1.30. The molecule has 1 fully saturated rings. The summed E-state index contributed by atoms with van der Waals surface area (Å²) in [4.78, 5) is 22.8. The summed E-state index contributed by atoms with van der Waals surface area (Å²) in [5.74, 6) is -1.49. The number of rotatable bonds is 7. The molecule has 174 valence electrons. The summed E-state index contributed by atoms with van der Waals surface area (Å²) in [5, 5.41) is 20.2. The van der Waals surface area contributed by atoms with Gasteiger partial charge >= 0.3 is 16.1 Å². The molecule has 11 heteroatoms. The lowest BCUT2D eigenvalue weighted by atomic mass is 10.0. The first-order valence-corrected chi connectivity index (χ1v) is 12.3. The molecule has 0 aliphatic carbocycles.